The fraction of sp³-hybridized carbons (Fsp3) is 0.222. The summed E-state index contributed by atoms with van der Waals surface area (Å²) in [6.07, 6.45) is 0. The molecule has 78 valence electrons. The molecule has 0 aromatic heterocycles. The molecular weight excluding hydrogens is 214 g/mol. The van der Waals surface area contributed by atoms with E-state index in [2.05, 4.69) is 4.99 Å². The summed E-state index contributed by atoms with van der Waals surface area (Å²) in [5, 5.41) is 11.1. The number of amidine groups is 1. The first kappa shape index (κ1) is 9.97. The number of hydrogen-bond donors (Lipinski definition) is 1. The lowest BCUT2D eigenvalue weighted by atomic mass is 10.1. The lowest BCUT2D eigenvalue weighted by molar-refractivity contribution is -0.384. The summed E-state index contributed by atoms with van der Waals surface area (Å²) in [5.74, 6) is 0.757. The van der Waals surface area contributed by atoms with E-state index >= 15 is 0 Å². The third-order valence-electron chi connectivity index (χ3n) is 2.14. The molecule has 1 unspecified atom stereocenters. The number of hydrogen-bond acceptors (Lipinski definition) is 5. The number of nitrogens with zero attached hydrogens (tertiary/aromatic N) is 2. The van der Waals surface area contributed by atoms with Gasteiger partial charge in [0.05, 0.1) is 11.0 Å². The van der Waals surface area contributed by atoms with Crippen molar-refractivity contribution in [3.05, 3.63) is 39.9 Å². The van der Waals surface area contributed by atoms with Crippen molar-refractivity contribution in [1.82, 2.24) is 0 Å². The molecule has 6 heteroatoms. The number of nitro benzene ring substituents is 1. The van der Waals surface area contributed by atoms with E-state index in [4.69, 9.17) is 5.73 Å². The summed E-state index contributed by atoms with van der Waals surface area (Å²) in [7, 11) is 0. The summed E-state index contributed by atoms with van der Waals surface area (Å²) >= 11 is 1.47. The van der Waals surface area contributed by atoms with Gasteiger partial charge in [-0.2, -0.15) is 0 Å². The van der Waals surface area contributed by atoms with Gasteiger partial charge in [0.1, 0.15) is 0 Å². The molecule has 1 aromatic carbocycles. The molecule has 1 aliphatic rings. The van der Waals surface area contributed by atoms with Gasteiger partial charge >= 0.3 is 0 Å². The van der Waals surface area contributed by atoms with Crippen LogP contribution in [0.15, 0.2) is 29.3 Å². The van der Waals surface area contributed by atoms with Crippen molar-refractivity contribution in [3.63, 3.8) is 0 Å². The molecule has 1 atom stereocenters. The van der Waals surface area contributed by atoms with Crippen LogP contribution >= 0.6 is 11.8 Å². The van der Waals surface area contributed by atoms with E-state index in [9.17, 15) is 10.1 Å². The first-order valence-corrected chi connectivity index (χ1v) is 5.36. The Morgan fingerprint density at radius 1 is 1.60 bits per heavy atom. The van der Waals surface area contributed by atoms with E-state index in [0.29, 0.717) is 5.17 Å². The largest absolute Gasteiger partial charge is 0.379 e. The highest BCUT2D eigenvalue weighted by atomic mass is 32.2. The Labute approximate surface area is 90.5 Å². The molecule has 0 fully saturated rings. The number of benzene rings is 1. The summed E-state index contributed by atoms with van der Waals surface area (Å²) in [5.41, 5.74) is 6.48. The van der Waals surface area contributed by atoms with Crippen molar-refractivity contribution >= 4 is 22.6 Å². The Kier molecular flexibility index (Phi) is 2.59. The molecule has 0 saturated heterocycles. The van der Waals surface area contributed by atoms with Crippen molar-refractivity contribution in [2.75, 3.05) is 5.75 Å². The Balaban J connectivity index is 2.29. The van der Waals surface area contributed by atoms with E-state index in [1.807, 2.05) is 6.07 Å². The molecule has 0 saturated carbocycles. The predicted molar refractivity (Wildman–Crippen MR) is 59.9 cm³/mol. The maximum Gasteiger partial charge on any atom is 0.269 e. The molecule has 15 heavy (non-hydrogen) atoms. The monoisotopic (exact) mass is 223 g/mol. The minimum absolute atomic E-state index is 0.0464. The number of non-ortho nitro benzene ring substituents is 1. The quantitative estimate of drug-likeness (QED) is 0.611. The molecule has 0 amide bonds. The normalized spacial score (nSPS) is 20.0. The Morgan fingerprint density at radius 3 is 3.00 bits per heavy atom. The Hall–Kier alpha value is -1.56. The van der Waals surface area contributed by atoms with Crippen LogP contribution in [0.2, 0.25) is 0 Å². The van der Waals surface area contributed by atoms with Gasteiger partial charge in [-0.1, -0.05) is 23.9 Å². The van der Waals surface area contributed by atoms with E-state index in [0.717, 1.165) is 11.3 Å². The van der Waals surface area contributed by atoms with Gasteiger partial charge in [-0.3, -0.25) is 15.1 Å². The van der Waals surface area contributed by atoms with E-state index < -0.39 is 4.92 Å². The van der Waals surface area contributed by atoms with Crippen LogP contribution in [0.25, 0.3) is 0 Å². The van der Waals surface area contributed by atoms with Crippen LogP contribution in [0.5, 0.6) is 0 Å². The SMILES string of the molecule is NC1=NC(c2cccc([N+](=O)[O-])c2)CS1. The molecule has 0 bridgehead atoms. The van der Waals surface area contributed by atoms with E-state index in [1.165, 1.54) is 17.8 Å². The third kappa shape index (κ3) is 2.10. The molecular formula is C9H9N3O2S. The van der Waals surface area contributed by atoms with Crippen LogP contribution in [0.4, 0.5) is 5.69 Å². The van der Waals surface area contributed by atoms with Crippen molar-refractivity contribution in [2.45, 2.75) is 6.04 Å². The topological polar surface area (TPSA) is 81.5 Å². The molecule has 0 radical (unpaired) electrons. The van der Waals surface area contributed by atoms with Gasteiger partial charge in [-0.25, -0.2) is 0 Å². The summed E-state index contributed by atoms with van der Waals surface area (Å²) in [6, 6.07) is 6.48. The average Bonchev–Trinajstić information content (AvgIpc) is 2.65. The third-order valence-corrected chi connectivity index (χ3v) is 3.02. The maximum atomic E-state index is 10.6. The molecule has 0 spiro atoms. The van der Waals surface area contributed by atoms with Gasteiger partial charge in [0.25, 0.3) is 5.69 Å². The van der Waals surface area contributed by atoms with Crippen LogP contribution < -0.4 is 5.73 Å². The van der Waals surface area contributed by atoms with Crippen LogP contribution in [-0.2, 0) is 0 Å². The van der Waals surface area contributed by atoms with Crippen molar-refractivity contribution in [2.24, 2.45) is 10.7 Å². The van der Waals surface area contributed by atoms with Gasteiger partial charge in [-0.05, 0) is 5.56 Å². The minimum Gasteiger partial charge on any atom is -0.379 e. The average molecular weight is 223 g/mol. The molecule has 0 aliphatic carbocycles. The van der Waals surface area contributed by atoms with Gasteiger partial charge < -0.3 is 5.73 Å². The summed E-state index contributed by atoms with van der Waals surface area (Å²) < 4.78 is 0. The van der Waals surface area contributed by atoms with Gasteiger partial charge in [-0.15, -0.1) is 0 Å². The second-order valence-electron chi connectivity index (χ2n) is 3.15. The maximum absolute atomic E-state index is 10.6. The van der Waals surface area contributed by atoms with Crippen LogP contribution in [0.3, 0.4) is 0 Å². The number of nitrogens with two attached hydrogens (primary N) is 1. The lowest BCUT2D eigenvalue weighted by Gasteiger charge is -2.04. The first-order valence-electron chi connectivity index (χ1n) is 4.37. The highest BCUT2D eigenvalue weighted by Crippen LogP contribution is 2.30. The fourth-order valence-corrected chi connectivity index (χ4v) is 2.21. The fourth-order valence-electron chi connectivity index (χ4n) is 1.41. The predicted octanol–water partition coefficient (Wildman–Crippen LogP) is 1.70. The van der Waals surface area contributed by atoms with Crippen LogP contribution in [0.1, 0.15) is 11.6 Å². The standard InChI is InChI=1S/C9H9N3O2S/c10-9-11-8(5-15-9)6-2-1-3-7(4-6)12(13)14/h1-4,8H,5H2,(H2,10,11). The molecule has 5 nitrogen and oxygen atoms in total. The van der Waals surface area contributed by atoms with E-state index in [-0.39, 0.29) is 11.7 Å². The van der Waals surface area contributed by atoms with Crippen molar-refractivity contribution in [1.29, 1.82) is 0 Å². The second kappa shape index (κ2) is 3.90. The summed E-state index contributed by atoms with van der Waals surface area (Å²) in [4.78, 5) is 14.4. The van der Waals surface area contributed by atoms with Crippen molar-refractivity contribution in [3.8, 4) is 0 Å². The minimum atomic E-state index is -0.404. The molecule has 1 heterocycles. The molecule has 1 aromatic rings. The van der Waals surface area contributed by atoms with E-state index in [1.54, 1.807) is 12.1 Å². The second-order valence-corrected chi connectivity index (χ2v) is 4.19. The van der Waals surface area contributed by atoms with Gasteiger partial charge in [0.15, 0.2) is 5.17 Å². The summed E-state index contributed by atoms with van der Waals surface area (Å²) in [6.45, 7) is 0. The lowest BCUT2D eigenvalue weighted by Crippen LogP contribution is -2.01. The van der Waals surface area contributed by atoms with Crippen LogP contribution in [0, 0.1) is 10.1 Å². The number of thioether (sulfide) groups is 1. The number of rotatable bonds is 2. The smallest absolute Gasteiger partial charge is 0.269 e. The highest BCUT2D eigenvalue weighted by Gasteiger charge is 2.19. The molecule has 2 N–H and O–H groups in total. The highest BCUT2D eigenvalue weighted by molar-refractivity contribution is 8.14. The molecule has 1 aliphatic heterocycles. The Bertz CT molecular complexity index is 433. The first-order chi connectivity index (χ1) is 7.16. The van der Waals surface area contributed by atoms with Gasteiger partial charge in [0.2, 0.25) is 0 Å². The molecule has 2 rings (SSSR count). The Morgan fingerprint density at radius 2 is 2.40 bits per heavy atom. The number of nitro groups is 1. The zero-order valence-electron chi connectivity index (χ0n) is 7.79. The zero-order chi connectivity index (χ0) is 10.8. The zero-order valence-corrected chi connectivity index (χ0v) is 8.61. The van der Waals surface area contributed by atoms with Gasteiger partial charge in [0, 0.05) is 17.9 Å². The van der Waals surface area contributed by atoms with Crippen LogP contribution in [-0.4, -0.2) is 15.8 Å². The number of aliphatic imine (C=N–C) groups is 1. The van der Waals surface area contributed by atoms with Crippen molar-refractivity contribution < 1.29 is 4.92 Å².